The highest BCUT2D eigenvalue weighted by molar-refractivity contribution is 6.65. The molecule has 0 radical (unpaired) electrons. The number of hydrogen-bond donors (Lipinski definition) is 1. The molecule has 0 fully saturated rings. The van der Waals surface area contributed by atoms with E-state index in [4.69, 9.17) is 34.8 Å². The number of Topliss-reactive ketones (excluding diaryl/α,β-unsaturated/α-hetero) is 1. The fourth-order valence-corrected chi connectivity index (χ4v) is 2.78. The average molecular weight is 320 g/mol. The van der Waals surface area contributed by atoms with E-state index < -0.39 is 10.1 Å². The molecule has 0 saturated carbocycles. The van der Waals surface area contributed by atoms with Crippen molar-refractivity contribution in [2.45, 2.75) is 24.1 Å². The molecule has 3 nitrogen and oxygen atoms in total. The number of nitrogens with zero attached hydrogens (tertiary/aromatic N) is 1. The first-order valence-electron chi connectivity index (χ1n) is 6.02. The van der Waals surface area contributed by atoms with Crippen molar-refractivity contribution >= 4 is 46.3 Å². The minimum atomic E-state index is -1.67. The van der Waals surface area contributed by atoms with Crippen molar-refractivity contribution in [2.24, 2.45) is 0 Å². The van der Waals surface area contributed by atoms with Gasteiger partial charge in [-0.2, -0.15) is 0 Å². The molecule has 0 saturated heterocycles. The van der Waals surface area contributed by atoms with Gasteiger partial charge >= 0.3 is 0 Å². The van der Waals surface area contributed by atoms with Crippen LogP contribution in [0.5, 0.6) is 0 Å². The summed E-state index contributed by atoms with van der Waals surface area (Å²) in [7, 11) is 0. The normalized spacial score (nSPS) is 17.4. The van der Waals surface area contributed by atoms with Crippen molar-refractivity contribution in [3.63, 3.8) is 0 Å². The minimum Gasteiger partial charge on any atom is -0.382 e. The summed E-state index contributed by atoms with van der Waals surface area (Å²) in [6.07, 6.45) is 3.62. The van der Waals surface area contributed by atoms with Crippen molar-refractivity contribution in [2.75, 3.05) is 6.54 Å². The minimum absolute atomic E-state index is 0.00676. The number of nitrogens with one attached hydrogen (secondary N) is 1. The van der Waals surface area contributed by atoms with E-state index >= 15 is 0 Å². The van der Waals surface area contributed by atoms with Crippen molar-refractivity contribution in [3.8, 4) is 0 Å². The third-order valence-corrected chi connectivity index (χ3v) is 4.03. The van der Waals surface area contributed by atoms with Gasteiger partial charge in [-0.15, -0.1) is 0 Å². The Kier molecular flexibility index (Phi) is 4.39. The summed E-state index contributed by atoms with van der Waals surface area (Å²) in [6, 6.07) is 3.37. The third kappa shape index (κ3) is 2.60. The lowest BCUT2D eigenvalue weighted by Crippen LogP contribution is -2.33. The molecule has 19 heavy (non-hydrogen) atoms. The predicted octanol–water partition coefficient (Wildman–Crippen LogP) is 3.59. The van der Waals surface area contributed by atoms with E-state index in [-0.39, 0.29) is 5.03 Å². The summed E-state index contributed by atoms with van der Waals surface area (Å²) in [4.78, 5) is 16.4. The molecule has 1 aromatic rings. The number of alkyl halides is 2. The lowest BCUT2D eigenvalue weighted by molar-refractivity contribution is -0.115. The number of aromatic nitrogens is 1. The Bertz CT molecular complexity index is 540. The van der Waals surface area contributed by atoms with Crippen molar-refractivity contribution in [1.82, 2.24) is 10.3 Å². The topological polar surface area (TPSA) is 42.0 Å². The lowest BCUT2D eigenvalue weighted by Gasteiger charge is -2.28. The number of unbranched alkanes of at least 4 members (excludes halogenated alkanes) is 1. The Hall–Kier alpha value is -0.770. The third-order valence-electron chi connectivity index (χ3n) is 2.92. The number of allylic oxidation sites excluding steroid dienone is 1. The van der Waals surface area contributed by atoms with Gasteiger partial charge in [0.15, 0.2) is 0 Å². The highest BCUT2D eigenvalue weighted by Crippen LogP contribution is 2.45. The number of fused-ring (bicyclic) bond motifs is 1. The van der Waals surface area contributed by atoms with Gasteiger partial charge < -0.3 is 5.32 Å². The van der Waals surface area contributed by atoms with Gasteiger partial charge in [0.2, 0.25) is 10.1 Å². The molecule has 0 spiro atoms. The van der Waals surface area contributed by atoms with Crippen molar-refractivity contribution < 1.29 is 4.79 Å². The van der Waals surface area contributed by atoms with Crippen LogP contribution in [0.25, 0.3) is 5.70 Å². The smallest absolute Gasteiger partial charge is 0.216 e. The average Bonchev–Trinajstić information content (AvgIpc) is 2.41. The molecule has 1 aliphatic carbocycles. The van der Waals surface area contributed by atoms with Crippen LogP contribution >= 0.6 is 34.8 Å². The van der Waals surface area contributed by atoms with Gasteiger partial charge in [-0.1, -0.05) is 54.2 Å². The first-order valence-corrected chi connectivity index (χ1v) is 7.15. The van der Waals surface area contributed by atoms with Crippen molar-refractivity contribution in [1.29, 1.82) is 0 Å². The summed E-state index contributed by atoms with van der Waals surface area (Å²) in [6.45, 7) is 2.79. The van der Waals surface area contributed by atoms with E-state index in [1.165, 1.54) is 0 Å². The van der Waals surface area contributed by atoms with E-state index in [1.807, 2.05) is 0 Å². The lowest BCUT2D eigenvalue weighted by atomic mass is 9.97. The molecule has 2 rings (SSSR count). The second kappa shape index (κ2) is 5.70. The molecular formula is C13H13Cl3N2O. The molecule has 6 heteroatoms. The fourth-order valence-electron chi connectivity index (χ4n) is 1.89. The number of carbonyl (C=O) groups is 1. The van der Waals surface area contributed by atoms with Crippen LogP contribution in [0.15, 0.2) is 23.4 Å². The van der Waals surface area contributed by atoms with Gasteiger partial charge in [0.1, 0.15) is 5.03 Å². The Balaban J connectivity index is 2.47. The molecule has 0 aliphatic heterocycles. The molecule has 1 heterocycles. The summed E-state index contributed by atoms with van der Waals surface area (Å²) >= 11 is 18.3. The van der Waals surface area contributed by atoms with Crippen LogP contribution in [-0.2, 0) is 9.13 Å². The monoisotopic (exact) mass is 318 g/mol. The quantitative estimate of drug-likeness (QED) is 0.681. The zero-order valence-corrected chi connectivity index (χ0v) is 12.6. The number of rotatable bonds is 4. The van der Waals surface area contributed by atoms with E-state index in [9.17, 15) is 4.79 Å². The maximum Gasteiger partial charge on any atom is 0.216 e. The number of halogens is 3. The number of hydrogen-bond acceptors (Lipinski definition) is 3. The Morgan fingerprint density at radius 2 is 2.16 bits per heavy atom. The fraction of sp³-hybridized carbons (Fsp3) is 0.385. The summed E-state index contributed by atoms with van der Waals surface area (Å²) < 4.78 is -1.67. The Morgan fingerprint density at radius 3 is 2.84 bits per heavy atom. The molecule has 0 bridgehead atoms. The second-order valence-corrected chi connectivity index (χ2v) is 5.98. The molecule has 0 aromatic carbocycles. The van der Waals surface area contributed by atoms with Gasteiger partial charge in [0, 0.05) is 18.3 Å². The maximum atomic E-state index is 12.1. The summed E-state index contributed by atoms with van der Waals surface area (Å²) in [5, 5.41) is 3.15. The van der Waals surface area contributed by atoms with Crippen LogP contribution in [-0.4, -0.2) is 17.3 Å². The molecule has 0 amide bonds. The van der Waals surface area contributed by atoms with Crippen LogP contribution < -0.4 is 5.32 Å². The SMILES string of the molecule is CCCCNC1=C(Cl)C(=O)C(Cl)(Cl)c2cccnc21. The van der Waals surface area contributed by atoms with Crippen LogP contribution in [0, 0.1) is 0 Å². The van der Waals surface area contributed by atoms with E-state index in [0.717, 1.165) is 12.8 Å². The Labute approximate surface area is 126 Å². The standard InChI is InChI=1S/C13H13Cl3N2O/c1-2-3-6-18-11-9(14)12(19)13(15,16)8-5-4-7-17-10(8)11/h4-5,7,18H,2-3,6H2,1H3. The van der Waals surface area contributed by atoms with Crippen LogP contribution in [0.1, 0.15) is 31.0 Å². The largest absolute Gasteiger partial charge is 0.382 e. The zero-order valence-electron chi connectivity index (χ0n) is 10.3. The highest BCUT2D eigenvalue weighted by Gasteiger charge is 2.45. The molecule has 0 unspecified atom stereocenters. The molecule has 1 aromatic heterocycles. The van der Waals surface area contributed by atoms with Crippen LogP contribution in [0.3, 0.4) is 0 Å². The van der Waals surface area contributed by atoms with Gasteiger partial charge in [-0.05, 0) is 12.5 Å². The second-order valence-electron chi connectivity index (χ2n) is 4.27. The number of ketones is 1. The van der Waals surface area contributed by atoms with Gasteiger partial charge in [0.25, 0.3) is 0 Å². The summed E-state index contributed by atoms with van der Waals surface area (Å²) in [5.41, 5.74) is 1.51. The zero-order chi connectivity index (χ0) is 14.0. The number of pyridine rings is 1. The summed E-state index contributed by atoms with van der Waals surface area (Å²) in [5.74, 6) is -0.517. The molecular weight excluding hydrogens is 307 g/mol. The van der Waals surface area contributed by atoms with Gasteiger partial charge in [-0.3, -0.25) is 9.78 Å². The first-order chi connectivity index (χ1) is 9.00. The van der Waals surface area contributed by atoms with E-state index in [2.05, 4.69) is 17.2 Å². The molecule has 1 aliphatic rings. The number of carbonyl (C=O) groups excluding carboxylic acids is 1. The van der Waals surface area contributed by atoms with Crippen molar-refractivity contribution in [3.05, 3.63) is 34.6 Å². The maximum absolute atomic E-state index is 12.1. The highest BCUT2D eigenvalue weighted by atomic mass is 35.5. The predicted molar refractivity (Wildman–Crippen MR) is 78.3 cm³/mol. The molecule has 1 N–H and O–H groups in total. The van der Waals surface area contributed by atoms with Crippen LogP contribution in [0.2, 0.25) is 0 Å². The Morgan fingerprint density at radius 1 is 1.42 bits per heavy atom. The van der Waals surface area contributed by atoms with E-state index in [0.29, 0.717) is 23.5 Å². The molecule has 0 atom stereocenters. The van der Waals surface area contributed by atoms with Crippen LogP contribution in [0.4, 0.5) is 0 Å². The molecule has 102 valence electrons. The van der Waals surface area contributed by atoms with Gasteiger partial charge in [0.05, 0.1) is 11.4 Å². The van der Waals surface area contributed by atoms with E-state index in [1.54, 1.807) is 18.3 Å². The first kappa shape index (κ1) is 14.6. The van der Waals surface area contributed by atoms with Gasteiger partial charge in [-0.25, -0.2) is 0 Å².